The standard InChI is InChI=1S/C21H11ClF3N3O4/c22-16-7-5-13(21(23,24)25)10-15(16)19-8-6-14(32-19)9-12(11-26)20(29)27-17-3-1-2-4-18(17)28(30)31/h1-10H,(H,27,29). The number of hydrogen-bond donors (Lipinski definition) is 1. The molecule has 0 bridgehead atoms. The lowest BCUT2D eigenvalue weighted by molar-refractivity contribution is -0.383. The summed E-state index contributed by atoms with van der Waals surface area (Å²) in [6.45, 7) is 0. The van der Waals surface area contributed by atoms with Crippen LogP contribution in [0.3, 0.4) is 0 Å². The first-order chi connectivity index (χ1) is 15.1. The van der Waals surface area contributed by atoms with Gasteiger partial charge in [0, 0.05) is 17.7 Å². The largest absolute Gasteiger partial charge is 0.457 e. The number of nitrogens with zero attached hydrogens (tertiary/aromatic N) is 2. The summed E-state index contributed by atoms with van der Waals surface area (Å²) in [6, 6.07) is 12.4. The highest BCUT2D eigenvalue weighted by Gasteiger charge is 2.31. The minimum Gasteiger partial charge on any atom is -0.457 e. The second-order valence-electron chi connectivity index (χ2n) is 6.29. The number of anilines is 1. The minimum atomic E-state index is -4.58. The van der Waals surface area contributed by atoms with E-state index >= 15 is 0 Å². The molecule has 7 nitrogen and oxygen atoms in total. The molecule has 0 atom stereocenters. The van der Waals surface area contributed by atoms with Crippen LogP contribution in [0.5, 0.6) is 0 Å². The molecule has 0 aliphatic carbocycles. The first-order valence-corrected chi connectivity index (χ1v) is 9.11. The summed E-state index contributed by atoms with van der Waals surface area (Å²) in [5.41, 5.74) is -1.87. The third kappa shape index (κ3) is 4.96. The number of rotatable bonds is 5. The van der Waals surface area contributed by atoms with Gasteiger partial charge in [0.1, 0.15) is 28.9 Å². The number of amides is 1. The second-order valence-corrected chi connectivity index (χ2v) is 6.70. The Kier molecular flexibility index (Phi) is 6.32. The Morgan fingerprint density at radius 1 is 1.19 bits per heavy atom. The molecule has 0 aliphatic heterocycles. The molecule has 162 valence electrons. The first-order valence-electron chi connectivity index (χ1n) is 8.73. The number of benzene rings is 2. The van der Waals surface area contributed by atoms with E-state index in [1.165, 1.54) is 36.4 Å². The highest BCUT2D eigenvalue weighted by molar-refractivity contribution is 6.33. The first kappa shape index (κ1) is 22.6. The number of halogens is 4. The van der Waals surface area contributed by atoms with Crippen LogP contribution in [-0.4, -0.2) is 10.8 Å². The maximum atomic E-state index is 13.0. The van der Waals surface area contributed by atoms with Crippen molar-refractivity contribution in [1.29, 1.82) is 5.26 Å². The van der Waals surface area contributed by atoms with E-state index in [0.717, 1.165) is 24.3 Å². The average molecular weight is 462 g/mol. The third-order valence-electron chi connectivity index (χ3n) is 4.19. The normalized spacial score (nSPS) is 11.7. The molecule has 0 saturated heterocycles. The quantitative estimate of drug-likeness (QED) is 0.214. The fourth-order valence-corrected chi connectivity index (χ4v) is 2.90. The zero-order valence-electron chi connectivity index (χ0n) is 15.8. The van der Waals surface area contributed by atoms with Gasteiger partial charge in [-0.25, -0.2) is 0 Å². The predicted octanol–water partition coefficient (Wildman–Crippen LogP) is 6.07. The average Bonchev–Trinajstić information content (AvgIpc) is 3.20. The summed E-state index contributed by atoms with van der Waals surface area (Å²) < 4.78 is 44.4. The summed E-state index contributed by atoms with van der Waals surface area (Å²) in [6.07, 6.45) is -3.53. The van der Waals surface area contributed by atoms with Gasteiger partial charge in [0.15, 0.2) is 0 Å². The number of hydrogen-bond acceptors (Lipinski definition) is 5. The smallest absolute Gasteiger partial charge is 0.416 e. The molecule has 11 heteroatoms. The number of para-hydroxylation sites is 2. The van der Waals surface area contributed by atoms with Crippen LogP contribution >= 0.6 is 11.6 Å². The highest BCUT2D eigenvalue weighted by atomic mass is 35.5. The van der Waals surface area contributed by atoms with Crippen LogP contribution in [0.15, 0.2) is 64.6 Å². The predicted molar refractivity (Wildman–Crippen MR) is 109 cm³/mol. The topological polar surface area (TPSA) is 109 Å². The molecule has 0 saturated carbocycles. The van der Waals surface area contributed by atoms with Crippen LogP contribution < -0.4 is 5.32 Å². The molecule has 1 aromatic heterocycles. The Balaban J connectivity index is 1.89. The van der Waals surface area contributed by atoms with Gasteiger partial charge in [0.05, 0.1) is 15.5 Å². The second kappa shape index (κ2) is 8.95. The number of nitro groups is 1. The third-order valence-corrected chi connectivity index (χ3v) is 4.52. The van der Waals surface area contributed by atoms with Crippen molar-refractivity contribution in [3.8, 4) is 17.4 Å². The Bertz CT molecular complexity index is 1280. The van der Waals surface area contributed by atoms with E-state index < -0.39 is 28.1 Å². The van der Waals surface area contributed by atoms with Crippen LogP contribution in [0.25, 0.3) is 17.4 Å². The van der Waals surface area contributed by atoms with Crippen LogP contribution in [0.4, 0.5) is 24.5 Å². The number of furan rings is 1. The van der Waals surface area contributed by atoms with Crippen molar-refractivity contribution in [2.24, 2.45) is 0 Å². The lowest BCUT2D eigenvalue weighted by Crippen LogP contribution is -2.14. The van der Waals surface area contributed by atoms with Gasteiger partial charge >= 0.3 is 6.18 Å². The number of carbonyl (C=O) groups is 1. The fourth-order valence-electron chi connectivity index (χ4n) is 2.68. The van der Waals surface area contributed by atoms with Crippen molar-refractivity contribution < 1.29 is 27.3 Å². The van der Waals surface area contributed by atoms with Gasteiger partial charge in [-0.05, 0) is 36.4 Å². The van der Waals surface area contributed by atoms with Crippen LogP contribution in [0.1, 0.15) is 11.3 Å². The van der Waals surface area contributed by atoms with Gasteiger partial charge in [-0.15, -0.1) is 0 Å². The van der Waals surface area contributed by atoms with Crippen molar-refractivity contribution in [2.45, 2.75) is 6.18 Å². The Hall–Kier alpha value is -4.10. The van der Waals surface area contributed by atoms with Crippen LogP contribution in [0.2, 0.25) is 5.02 Å². The molecule has 0 radical (unpaired) electrons. The minimum absolute atomic E-state index is 0.0104. The summed E-state index contributed by atoms with van der Waals surface area (Å²) in [5, 5.41) is 22.7. The van der Waals surface area contributed by atoms with Crippen LogP contribution in [-0.2, 0) is 11.0 Å². The molecule has 0 unspecified atom stereocenters. The van der Waals surface area contributed by atoms with Gasteiger partial charge in [0.2, 0.25) is 0 Å². The molecule has 2 aromatic carbocycles. The number of alkyl halides is 3. The summed E-state index contributed by atoms with van der Waals surface area (Å²) in [5.74, 6) is -0.955. The molecular formula is C21H11ClF3N3O4. The Labute approximate surface area is 183 Å². The molecule has 0 fully saturated rings. The van der Waals surface area contributed by atoms with E-state index in [1.807, 2.05) is 0 Å². The molecule has 1 heterocycles. The van der Waals surface area contributed by atoms with Crippen molar-refractivity contribution in [1.82, 2.24) is 0 Å². The molecule has 3 aromatic rings. The van der Waals surface area contributed by atoms with Crippen molar-refractivity contribution in [3.05, 3.63) is 86.6 Å². The van der Waals surface area contributed by atoms with E-state index in [0.29, 0.717) is 0 Å². The van der Waals surface area contributed by atoms with E-state index in [-0.39, 0.29) is 33.5 Å². The molecule has 1 N–H and O–H groups in total. The lowest BCUT2D eigenvalue weighted by atomic mass is 10.1. The highest BCUT2D eigenvalue weighted by Crippen LogP contribution is 2.36. The van der Waals surface area contributed by atoms with Gasteiger partial charge in [-0.2, -0.15) is 18.4 Å². The fraction of sp³-hybridized carbons (Fsp3) is 0.0476. The SMILES string of the molecule is N#CC(=Cc1ccc(-c2cc(C(F)(F)F)ccc2Cl)o1)C(=O)Nc1ccccc1[N+](=O)[O-]. The van der Waals surface area contributed by atoms with Crippen molar-refractivity contribution >= 4 is 35.0 Å². The zero-order valence-corrected chi connectivity index (χ0v) is 16.6. The number of carbonyl (C=O) groups excluding carboxylic acids is 1. The number of nitro benzene ring substituents is 1. The number of nitrogens with one attached hydrogen (secondary N) is 1. The maximum Gasteiger partial charge on any atom is 0.416 e. The van der Waals surface area contributed by atoms with E-state index in [1.54, 1.807) is 6.07 Å². The molecule has 1 amide bonds. The van der Waals surface area contributed by atoms with E-state index in [4.69, 9.17) is 16.0 Å². The summed E-state index contributed by atoms with van der Waals surface area (Å²) >= 11 is 5.99. The van der Waals surface area contributed by atoms with Gasteiger partial charge in [0.25, 0.3) is 11.6 Å². The van der Waals surface area contributed by atoms with Gasteiger partial charge in [-0.1, -0.05) is 23.7 Å². The van der Waals surface area contributed by atoms with E-state index in [2.05, 4.69) is 5.32 Å². The van der Waals surface area contributed by atoms with Gasteiger partial charge in [-0.3, -0.25) is 14.9 Å². The maximum absolute atomic E-state index is 13.0. The molecular weight excluding hydrogens is 451 g/mol. The summed E-state index contributed by atoms with van der Waals surface area (Å²) in [4.78, 5) is 22.8. The lowest BCUT2D eigenvalue weighted by Gasteiger charge is -2.09. The molecule has 0 aliphatic rings. The van der Waals surface area contributed by atoms with Crippen molar-refractivity contribution in [2.75, 3.05) is 5.32 Å². The van der Waals surface area contributed by atoms with Crippen molar-refractivity contribution in [3.63, 3.8) is 0 Å². The molecule has 3 rings (SSSR count). The van der Waals surface area contributed by atoms with Gasteiger partial charge < -0.3 is 9.73 Å². The van der Waals surface area contributed by atoms with E-state index in [9.17, 15) is 33.3 Å². The Morgan fingerprint density at radius 3 is 2.56 bits per heavy atom. The zero-order chi connectivity index (χ0) is 23.5. The number of nitriles is 1. The Morgan fingerprint density at radius 2 is 1.91 bits per heavy atom. The molecule has 32 heavy (non-hydrogen) atoms. The summed E-state index contributed by atoms with van der Waals surface area (Å²) in [7, 11) is 0. The van der Waals surface area contributed by atoms with Crippen LogP contribution in [0, 0.1) is 21.4 Å². The monoisotopic (exact) mass is 461 g/mol. The molecule has 0 spiro atoms.